The van der Waals surface area contributed by atoms with Gasteiger partial charge in [0.25, 0.3) is 0 Å². The van der Waals surface area contributed by atoms with Gasteiger partial charge in [0.2, 0.25) is 0 Å². The molecular formula is C18H34O4. The van der Waals surface area contributed by atoms with Crippen molar-refractivity contribution < 1.29 is 19.3 Å². The number of carbonyl (C=O) groups is 1. The van der Waals surface area contributed by atoms with Gasteiger partial charge in [-0.05, 0) is 36.0 Å². The van der Waals surface area contributed by atoms with Gasteiger partial charge in [0, 0.05) is 6.42 Å². The molecule has 0 amide bonds. The lowest BCUT2D eigenvalue weighted by atomic mass is 9.85. The highest BCUT2D eigenvalue weighted by Gasteiger charge is 2.58. The van der Waals surface area contributed by atoms with Crippen molar-refractivity contribution in [2.24, 2.45) is 16.7 Å². The molecule has 0 aromatic rings. The molecule has 0 saturated carbocycles. The minimum Gasteiger partial charge on any atom is -0.461 e. The third-order valence-electron chi connectivity index (χ3n) is 3.83. The van der Waals surface area contributed by atoms with Crippen LogP contribution in [0.5, 0.6) is 0 Å². The van der Waals surface area contributed by atoms with Crippen LogP contribution in [0.2, 0.25) is 0 Å². The van der Waals surface area contributed by atoms with Crippen molar-refractivity contribution in [2.75, 3.05) is 6.61 Å². The van der Waals surface area contributed by atoms with Crippen molar-refractivity contribution in [3.63, 3.8) is 0 Å². The highest BCUT2D eigenvalue weighted by molar-refractivity contribution is 5.79. The molecule has 0 unspecified atom stereocenters. The Kier molecular flexibility index (Phi) is 6.46. The predicted molar refractivity (Wildman–Crippen MR) is 87.0 cm³/mol. The van der Waals surface area contributed by atoms with Crippen LogP contribution in [0, 0.1) is 16.7 Å². The molecule has 1 heterocycles. The number of hydrogen-bond donors (Lipinski definition) is 0. The number of hydrogen-bond acceptors (Lipinski definition) is 4. The van der Waals surface area contributed by atoms with Crippen molar-refractivity contribution in [1.29, 1.82) is 0 Å². The van der Waals surface area contributed by atoms with E-state index < -0.39 is 5.79 Å². The quantitative estimate of drug-likeness (QED) is 0.264. The molecule has 1 aliphatic heterocycles. The molecular weight excluding hydrogens is 280 g/mol. The predicted octanol–water partition coefficient (Wildman–Crippen LogP) is 4.87. The molecule has 1 fully saturated rings. The van der Waals surface area contributed by atoms with Gasteiger partial charge < -0.3 is 4.74 Å². The lowest BCUT2D eigenvalue weighted by Gasteiger charge is -2.26. The standard InChI is InChI=1S/C18H34O4/c1-14(2)12-17(6,7)13-20-15(19)18(21-22-18)11-9-8-10-16(3,4)5/h14H,8-13H2,1-7H3. The van der Waals surface area contributed by atoms with Gasteiger partial charge in [-0.3, -0.25) is 0 Å². The van der Waals surface area contributed by atoms with E-state index in [0.29, 0.717) is 24.4 Å². The molecule has 1 rings (SSSR count). The molecule has 0 atom stereocenters. The van der Waals surface area contributed by atoms with E-state index in [-0.39, 0.29) is 11.4 Å². The summed E-state index contributed by atoms with van der Waals surface area (Å²) in [5.74, 6) is -0.917. The Labute approximate surface area is 135 Å². The average Bonchev–Trinajstić information content (AvgIpc) is 3.10. The van der Waals surface area contributed by atoms with Gasteiger partial charge in [0.1, 0.15) is 0 Å². The van der Waals surface area contributed by atoms with Crippen molar-refractivity contribution in [3.05, 3.63) is 0 Å². The fourth-order valence-electron chi connectivity index (χ4n) is 2.85. The summed E-state index contributed by atoms with van der Waals surface area (Å²) in [6, 6.07) is 0. The van der Waals surface area contributed by atoms with Crippen LogP contribution in [-0.4, -0.2) is 18.4 Å². The summed E-state index contributed by atoms with van der Waals surface area (Å²) in [5, 5.41) is 0. The summed E-state index contributed by atoms with van der Waals surface area (Å²) in [5.41, 5.74) is 0.298. The topological polar surface area (TPSA) is 51.4 Å². The minimum atomic E-state index is -1.12. The Hall–Kier alpha value is -0.610. The van der Waals surface area contributed by atoms with Crippen LogP contribution in [0.4, 0.5) is 0 Å². The highest BCUT2D eigenvalue weighted by atomic mass is 17.4. The Balaban J connectivity index is 2.32. The first-order valence-corrected chi connectivity index (χ1v) is 8.50. The number of carbonyl (C=O) groups excluding carboxylic acids is 1. The van der Waals surface area contributed by atoms with E-state index in [1.165, 1.54) is 0 Å². The van der Waals surface area contributed by atoms with E-state index in [9.17, 15) is 4.79 Å². The van der Waals surface area contributed by atoms with Crippen LogP contribution >= 0.6 is 0 Å². The van der Waals surface area contributed by atoms with E-state index in [0.717, 1.165) is 25.7 Å². The third-order valence-corrected chi connectivity index (χ3v) is 3.83. The molecule has 0 radical (unpaired) electrons. The van der Waals surface area contributed by atoms with Gasteiger partial charge in [-0.1, -0.05) is 54.9 Å². The lowest BCUT2D eigenvalue weighted by Crippen LogP contribution is -2.31. The van der Waals surface area contributed by atoms with Crippen LogP contribution in [0.15, 0.2) is 0 Å². The maximum absolute atomic E-state index is 12.2. The molecule has 4 heteroatoms. The van der Waals surface area contributed by atoms with E-state index in [1.807, 2.05) is 0 Å². The van der Waals surface area contributed by atoms with Gasteiger partial charge in [0.05, 0.1) is 6.61 Å². The molecule has 0 bridgehead atoms. The van der Waals surface area contributed by atoms with Crippen molar-refractivity contribution in [2.45, 2.75) is 86.4 Å². The molecule has 130 valence electrons. The molecule has 0 aromatic heterocycles. The van der Waals surface area contributed by atoms with E-state index in [4.69, 9.17) is 14.5 Å². The summed E-state index contributed by atoms with van der Waals surface area (Å²) < 4.78 is 5.44. The minimum absolute atomic E-state index is 0.0217. The summed E-state index contributed by atoms with van der Waals surface area (Å²) in [6.45, 7) is 15.6. The second kappa shape index (κ2) is 7.31. The summed E-state index contributed by atoms with van der Waals surface area (Å²) >= 11 is 0. The number of unbranched alkanes of at least 4 members (excludes halogenated alkanes) is 1. The van der Waals surface area contributed by atoms with Crippen molar-refractivity contribution in [1.82, 2.24) is 0 Å². The first kappa shape index (κ1) is 19.4. The van der Waals surface area contributed by atoms with E-state index in [2.05, 4.69) is 48.5 Å². The molecule has 0 aromatic carbocycles. The summed E-state index contributed by atoms with van der Waals surface area (Å²) in [6.07, 6.45) is 4.68. The molecule has 0 N–H and O–H groups in total. The summed E-state index contributed by atoms with van der Waals surface area (Å²) in [7, 11) is 0. The van der Waals surface area contributed by atoms with Gasteiger partial charge in [0.15, 0.2) is 0 Å². The monoisotopic (exact) mass is 314 g/mol. The van der Waals surface area contributed by atoms with Crippen molar-refractivity contribution in [3.8, 4) is 0 Å². The zero-order valence-corrected chi connectivity index (χ0v) is 15.5. The maximum Gasteiger partial charge on any atom is 0.372 e. The molecule has 0 spiro atoms. The van der Waals surface area contributed by atoms with E-state index in [1.54, 1.807) is 0 Å². The smallest absolute Gasteiger partial charge is 0.372 e. The molecule has 1 saturated heterocycles. The second-order valence-corrected chi connectivity index (χ2v) is 9.03. The first-order valence-electron chi connectivity index (χ1n) is 8.50. The normalized spacial score (nSPS) is 17.6. The zero-order valence-electron chi connectivity index (χ0n) is 15.5. The molecule has 0 aliphatic carbocycles. The van der Waals surface area contributed by atoms with Crippen LogP contribution < -0.4 is 0 Å². The first-order chi connectivity index (χ1) is 9.96. The van der Waals surface area contributed by atoms with Gasteiger partial charge in [-0.2, -0.15) is 9.78 Å². The maximum atomic E-state index is 12.2. The number of esters is 1. The average molecular weight is 314 g/mol. The van der Waals surface area contributed by atoms with Crippen molar-refractivity contribution >= 4 is 5.97 Å². The number of rotatable bonds is 9. The van der Waals surface area contributed by atoms with Crippen LogP contribution in [0.3, 0.4) is 0 Å². The molecule has 22 heavy (non-hydrogen) atoms. The largest absolute Gasteiger partial charge is 0.461 e. The van der Waals surface area contributed by atoms with Crippen LogP contribution in [0.25, 0.3) is 0 Å². The Morgan fingerprint density at radius 2 is 1.68 bits per heavy atom. The Morgan fingerprint density at radius 3 is 2.14 bits per heavy atom. The Morgan fingerprint density at radius 1 is 1.09 bits per heavy atom. The molecule has 1 aliphatic rings. The van der Waals surface area contributed by atoms with E-state index >= 15 is 0 Å². The second-order valence-electron chi connectivity index (χ2n) is 9.03. The summed E-state index contributed by atoms with van der Waals surface area (Å²) in [4.78, 5) is 22.1. The molecule has 4 nitrogen and oxygen atoms in total. The highest BCUT2D eigenvalue weighted by Crippen LogP contribution is 2.38. The van der Waals surface area contributed by atoms with Gasteiger partial charge in [-0.15, -0.1) is 0 Å². The lowest BCUT2D eigenvalue weighted by molar-refractivity contribution is -0.154. The Bertz CT molecular complexity index is 362. The SMILES string of the molecule is CC(C)CC(C)(C)COC(=O)C1(CCCCC(C)(C)C)OO1. The van der Waals surface area contributed by atoms with Gasteiger partial charge >= 0.3 is 11.8 Å². The fraction of sp³-hybridized carbons (Fsp3) is 0.944. The van der Waals surface area contributed by atoms with Crippen LogP contribution in [0.1, 0.15) is 80.6 Å². The van der Waals surface area contributed by atoms with Crippen LogP contribution in [-0.2, 0) is 19.3 Å². The van der Waals surface area contributed by atoms with Gasteiger partial charge in [-0.25, -0.2) is 4.79 Å². The third kappa shape index (κ3) is 7.10. The fourth-order valence-corrected chi connectivity index (χ4v) is 2.85. The zero-order chi connectivity index (χ0) is 17.0. The number of ether oxygens (including phenoxy) is 1.